The van der Waals surface area contributed by atoms with Gasteiger partial charge in [-0.25, -0.2) is 14.6 Å². The number of nitrogens with one attached hydrogen (secondary N) is 1. The maximum absolute atomic E-state index is 13.0. The second-order valence-corrected chi connectivity index (χ2v) is 9.09. The third-order valence-electron chi connectivity index (χ3n) is 6.39. The van der Waals surface area contributed by atoms with Gasteiger partial charge in [-0.05, 0) is 62.4 Å². The molecule has 1 aromatic carbocycles. The second-order valence-electron chi connectivity index (χ2n) is 9.09. The minimum Gasteiger partial charge on any atom is -0.462 e. The molecule has 0 spiro atoms. The maximum Gasteiger partial charge on any atom is 0.339 e. The summed E-state index contributed by atoms with van der Waals surface area (Å²) >= 11 is 0. The lowest BCUT2D eigenvalue weighted by atomic mass is 10.1. The average Bonchev–Trinajstić information content (AvgIpc) is 3.16. The maximum atomic E-state index is 13.0. The van der Waals surface area contributed by atoms with Gasteiger partial charge in [0.05, 0.1) is 31.5 Å². The number of aromatic nitrogens is 1. The standard InChI is InChI=1S/C27H36N4O5/c1-2-35-26(32)22-10-11-25(28-18-22)30-12-6-13-31(15-14-30)27(33)29-23-8-5-7-21(17-23)19-34-20-24-9-3-4-16-36-24/h5,7-8,10-11,17-18,24H,2-4,6,9,12-16,19-20H2,1H3,(H,29,33)/t24-/m0/s1. The van der Waals surface area contributed by atoms with Crippen molar-refractivity contribution >= 4 is 23.5 Å². The number of urea groups is 1. The Kier molecular flexibility index (Phi) is 9.52. The Bertz CT molecular complexity index is 994. The van der Waals surface area contributed by atoms with E-state index < -0.39 is 0 Å². The highest BCUT2D eigenvalue weighted by Gasteiger charge is 2.21. The van der Waals surface area contributed by atoms with Crippen molar-refractivity contribution < 1.29 is 23.8 Å². The first-order chi connectivity index (χ1) is 17.6. The van der Waals surface area contributed by atoms with Crippen molar-refractivity contribution in [3.63, 3.8) is 0 Å². The molecule has 36 heavy (non-hydrogen) atoms. The molecule has 4 rings (SSSR count). The lowest BCUT2D eigenvalue weighted by molar-refractivity contribution is -0.0447. The minimum atomic E-state index is -0.371. The molecule has 2 saturated heterocycles. The SMILES string of the molecule is CCOC(=O)c1ccc(N2CCCN(C(=O)Nc3cccc(COC[C@@H]4CCCCO4)c3)CC2)nc1. The smallest absolute Gasteiger partial charge is 0.339 e. The van der Waals surface area contributed by atoms with Gasteiger partial charge in [-0.15, -0.1) is 0 Å². The summed E-state index contributed by atoms with van der Waals surface area (Å²) < 4.78 is 16.6. The zero-order chi connectivity index (χ0) is 25.2. The largest absolute Gasteiger partial charge is 0.462 e. The number of nitrogens with zero attached hydrogens (tertiary/aromatic N) is 3. The van der Waals surface area contributed by atoms with Crippen molar-refractivity contribution in [3.05, 3.63) is 53.7 Å². The van der Waals surface area contributed by atoms with Crippen LogP contribution in [0.3, 0.4) is 0 Å². The molecular formula is C27H36N4O5. The first-order valence-electron chi connectivity index (χ1n) is 12.8. The molecule has 0 saturated carbocycles. The van der Waals surface area contributed by atoms with Crippen LogP contribution in [-0.4, -0.2) is 74.0 Å². The van der Waals surface area contributed by atoms with Crippen LogP contribution in [0, 0.1) is 0 Å². The van der Waals surface area contributed by atoms with Crippen LogP contribution in [0.5, 0.6) is 0 Å². The average molecular weight is 497 g/mol. The molecule has 2 aromatic rings. The number of hydrogen-bond donors (Lipinski definition) is 1. The molecule has 1 N–H and O–H groups in total. The second kappa shape index (κ2) is 13.2. The minimum absolute atomic E-state index is 0.115. The number of ether oxygens (including phenoxy) is 3. The van der Waals surface area contributed by atoms with Gasteiger partial charge in [-0.1, -0.05) is 12.1 Å². The topological polar surface area (TPSA) is 93.2 Å². The summed E-state index contributed by atoms with van der Waals surface area (Å²) in [5.41, 5.74) is 2.21. The highest BCUT2D eigenvalue weighted by atomic mass is 16.5. The summed E-state index contributed by atoms with van der Waals surface area (Å²) in [4.78, 5) is 33.2. The van der Waals surface area contributed by atoms with E-state index in [9.17, 15) is 9.59 Å². The zero-order valence-corrected chi connectivity index (χ0v) is 21.0. The molecule has 0 bridgehead atoms. The van der Waals surface area contributed by atoms with Gasteiger partial charge in [0, 0.05) is 44.7 Å². The summed E-state index contributed by atoms with van der Waals surface area (Å²) in [5.74, 6) is 0.417. The fraction of sp³-hybridized carbons (Fsp3) is 0.519. The highest BCUT2D eigenvalue weighted by molar-refractivity contribution is 5.90. The fourth-order valence-corrected chi connectivity index (χ4v) is 4.45. The van der Waals surface area contributed by atoms with Crippen LogP contribution in [0.15, 0.2) is 42.6 Å². The third kappa shape index (κ3) is 7.41. The first-order valence-corrected chi connectivity index (χ1v) is 12.8. The van der Waals surface area contributed by atoms with E-state index in [0.29, 0.717) is 45.0 Å². The van der Waals surface area contributed by atoms with E-state index >= 15 is 0 Å². The molecule has 194 valence electrons. The predicted octanol–water partition coefficient (Wildman–Crippen LogP) is 4.09. The van der Waals surface area contributed by atoms with Crippen LogP contribution in [0.4, 0.5) is 16.3 Å². The fourth-order valence-electron chi connectivity index (χ4n) is 4.45. The van der Waals surface area contributed by atoms with E-state index in [1.165, 1.54) is 6.42 Å². The molecule has 2 aliphatic rings. The molecular weight excluding hydrogens is 460 g/mol. The molecule has 1 aromatic heterocycles. The van der Waals surface area contributed by atoms with Crippen LogP contribution in [-0.2, 0) is 20.8 Å². The number of rotatable bonds is 8. The number of pyridine rings is 1. The van der Waals surface area contributed by atoms with Crippen LogP contribution in [0.25, 0.3) is 0 Å². The first kappa shape index (κ1) is 25.9. The Morgan fingerprint density at radius 2 is 2.03 bits per heavy atom. The summed E-state index contributed by atoms with van der Waals surface area (Å²) in [5, 5.41) is 3.03. The van der Waals surface area contributed by atoms with Crippen molar-refractivity contribution in [2.75, 3.05) is 56.2 Å². The van der Waals surface area contributed by atoms with Gasteiger partial charge in [-0.3, -0.25) is 0 Å². The van der Waals surface area contributed by atoms with E-state index in [1.807, 2.05) is 35.2 Å². The normalized spacial score (nSPS) is 18.4. The van der Waals surface area contributed by atoms with E-state index in [-0.39, 0.29) is 18.1 Å². The molecule has 2 aliphatic heterocycles. The number of carbonyl (C=O) groups is 2. The van der Waals surface area contributed by atoms with E-state index in [0.717, 1.165) is 49.5 Å². The Morgan fingerprint density at radius 1 is 1.11 bits per heavy atom. The predicted molar refractivity (Wildman–Crippen MR) is 137 cm³/mol. The monoisotopic (exact) mass is 496 g/mol. The number of carbonyl (C=O) groups excluding carboxylic acids is 2. The van der Waals surface area contributed by atoms with Gasteiger partial charge in [-0.2, -0.15) is 0 Å². The van der Waals surface area contributed by atoms with Gasteiger partial charge in [0.15, 0.2) is 0 Å². The van der Waals surface area contributed by atoms with Gasteiger partial charge in [0.1, 0.15) is 5.82 Å². The number of benzene rings is 1. The van der Waals surface area contributed by atoms with E-state index in [2.05, 4.69) is 15.2 Å². The summed E-state index contributed by atoms with van der Waals surface area (Å²) in [6.07, 6.45) is 5.94. The number of anilines is 2. The van der Waals surface area contributed by atoms with Gasteiger partial charge < -0.3 is 29.3 Å². The summed E-state index contributed by atoms with van der Waals surface area (Å²) in [7, 11) is 0. The van der Waals surface area contributed by atoms with E-state index in [1.54, 1.807) is 19.2 Å². The zero-order valence-electron chi connectivity index (χ0n) is 21.0. The number of hydrogen-bond acceptors (Lipinski definition) is 7. The third-order valence-corrected chi connectivity index (χ3v) is 6.39. The molecule has 1 atom stereocenters. The molecule has 0 aliphatic carbocycles. The Morgan fingerprint density at radius 3 is 2.81 bits per heavy atom. The molecule has 3 heterocycles. The van der Waals surface area contributed by atoms with Crippen LogP contribution >= 0.6 is 0 Å². The molecule has 2 fully saturated rings. The van der Waals surface area contributed by atoms with Crippen molar-refractivity contribution in [3.8, 4) is 0 Å². The molecule has 9 nitrogen and oxygen atoms in total. The number of amides is 2. The van der Waals surface area contributed by atoms with E-state index in [4.69, 9.17) is 14.2 Å². The van der Waals surface area contributed by atoms with Gasteiger partial charge >= 0.3 is 12.0 Å². The molecule has 0 unspecified atom stereocenters. The summed E-state index contributed by atoms with van der Waals surface area (Å²) in [6, 6.07) is 11.2. The Balaban J connectivity index is 1.25. The van der Waals surface area contributed by atoms with Gasteiger partial charge in [0.2, 0.25) is 0 Å². The molecule has 0 radical (unpaired) electrons. The van der Waals surface area contributed by atoms with Crippen molar-refractivity contribution in [2.45, 2.75) is 45.3 Å². The summed E-state index contributed by atoms with van der Waals surface area (Å²) in [6.45, 7) is 6.71. The number of esters is 1. The molecule has 2 amide bonds. The lowest BCUT2D eigenvalue weighted by Crippen LogP contribution is -2.38. The van der Waals surface area contributed by atoms with Crippen molar-refractivity contribution in [2.24, 2.45) is 0 Å². The molecule has 9 heteroatoms. The Hall–Kier alpha value is -3.17. The lowest BCUT2D eigenvalue weighted by Gasteiger charge is -2.23. The van der Waals surface area contributed by atoms with Crippen molar-refractivity contribution in [1.82, 2.24) is 9.88 Å². The van der Waals surface area contributed by atoms with Gasteiger partial charge in [0.25, 0.3) is 0 Å². The van der Waals surface area contributed by atoms with Crippen LogP contribution in [0.1, 0.15) is 48.5 Å². The van der Waals surface area contributed by atoms with Crippen molar-refractivity contribution in [1.29, 1.82) is 0 Å². The Labute approximate surface area is 212 Å². The van der Waals surface area contributed by atoms with Crippen LogP contribution in [0.2, 0.25) is 0 Å². The quantitative estimate of drug-likeness (QED) is 0.550. The highest BCUT2D eigenvalue weighted by Crippen LogP contribution is 2.18. The van der Waals surface area contributed by atoms with Crippen LogP contribution < -0.4 is 10.2 Å².